The van der Waals surface area contributed by atoms with Crippen molar-refractivity contribution in [1.29, 1.82) is 0 Å². The Morgan fingerprint density at radius 1 is 1.86 bits per heavy atom. The first-order chi connectivity index (χ1) is 3.21. The molecule has 1 atom stereocenters. The van der Waals surface area contributed by atoms with Crippen LogP contribution in [0.4, 0.5) is 0 Å². The number of ether oxygens (including phenoxy) is 1. The molecule has 0 aliphatic carbocycles. The van der Waals surface area contributed by atoms with Gasteiger partial charge in [0.05, 0.1) is 0 Å². The molecule has 1 fully saturated rings. The monoisotopic (exact) mass is 100 g/mol. The number of hydrogen-bond donors (Lipinski definition) is 1. The minimum atomic E-state index is -0.431. The molecule has 1 unspecified atom stereocenters. The van der Waals surface area contributed by atoms with Crippen LogP contribution in [-0.2, 0) is 4.74 Å². The molecule has 0 aromatic heterocycles. The molecule has 2 nitrogen and oxygen atoms in total. The van der Waals surface area contributed by atoms with E-state index in [4.69, 9.17) is 10.5 Å². The SMILES string of the molecule is CC1(N)[CH]CCO1. The van der Waals surface area contributed by atoms with E-state index in [2.05, 4.69) is 0 Å². The van der Waals surface area contributed by atoms with Gasteiger partial charge >= 0.3 is 0 Å². The number of nitrogens with two attached hydrogens (primary N) is 1. The molecular formula is C5H10NO. The van der Waals surface area contributed by atoms with Crippen LogP contribution in [0.2, 0.25) is 0 Å². The average Bonchev–Trinajstić information content (AvgIpc) is 1.84. The van der Waals surface area contributed by atoms with E-state index in [1.54, 1.807) is 0 Å². The predicted octanol–water partition coefficient (Wildman–Crippen LogP) is 0.286. The summed E-state index contributed by atoms with van der Waals surface area (Å²) < 4.78 is 5.06. The van der Waals surface area contributed by atoms with Gasteiger partial charge in [-0.05, 0) is 13.3 Å². The van der Waals surface area contributed by atoms with Gasteiger partial charge in [-0.2, -0.15) is 0 Å². The maximum absolute atomic E-state index is 5.50. The summed E-state index contributed by atoms with van der Waals surface area (Å²) in [6, 6.07) is 0. The summed E-state index contributed by atoms with van der Waals surface area (Å²) in [5.74, 6) is 0. The highest BCUT2D eigenvalue weighted by molar-refractivity contribution is 4.89. The Bertz CT molecular complexity index is 62.5. The molecule has 0 amide bonds. The van der Waals surface area contributed by atoms with E-state index < -0.39 is 5.72 Å². The molecule has 41 valence electrons. The van der Waals surface area contributed by atoms with Crippen LogP contribution in [0.3, 0.4) is 0 Å². The van der Waals surface area contributed by atoms with Crippen molar-refractivity contribution >= 4 is 0 Å². The lowest BCUT2D eigenvalue weighted by atomic mass is 10.2. The van der Waals surface area contributed by atoms with Gasteiger partial charge in [-0.1, -0.05) is 0 Å². The van der Waals surface area contributed by atoms with Gasteiger partial charge in [0.15, 0.2) is 0 Å². The normalized spacial score (nSPS) is 42.0. The van der Waals surface area contributed by atoms with Crippen LogP contribution in [0.25, 0.3) is 0 Å². The van der Waals surface area contributed by atoms with Gasteiger partial charge in [0.1, 0.15) is 5.72 Å². The Hall–Kier alpha value is -0.0800. The highest BCUT2D eigenvalue weighted by atomic mass is 16.5. The highest BCUT2D eigenvalue weighted by Gasteiger charge is 2.23. The summed E-state index contributed by atoms with van der Waals surface area (Å²) in [6.45, 7) is 2.65. The van der Waals surface area contributed by atoms with Crippen molar-refractivity contribution in [3.05, 3.63) is 6.42 Å². The standard InChI is InChI=1S/C5H10NO/c1-5(6)3-2-4-7-5/h3H,2,4,6H2,1H3. The van der Waals surface area contributed by atoms with E-state index >= 15 is 0 Å². The third-order valence-corrected chi connectivity index (χ3v) is 1.08. The first-order valence-corrected chi connectivity index (χ1v) is 2.48. The summed E-state index contributed by atoms with van der Waals surface area (Å²) in [4.78, 5) is 0. The van der Waals surface area contributed by atoms with Gasteiger partial charge in [-0.15, -0.1) is 0 Å². The maximum atomic E-state index is 5.50. The summed E-state index contributed by atoms with van der Waals surface area (Å²) >= 11 is 0. The van der Waals surface area contributed by atoms with Crippen molar-refractivity contribution < 1.29 is 4.74 Å². The lowest BCUT2D eigenvalue weighted by Gasteiger charge is -2.14. The molecule has 1 rings (SSSR count). The van der Waals surface area contributed by atoms with Crippen LogP contribution < -0.4 is 5.73 Å². The molecule has 1 heterocycles. The second kappa shape index (κ2) is 1.46. The zero-order chi connectivity index (χ0) is 5.33. The van der Waals surface area contributed by atoms with E-state index in [9.17, 15) is 0 Å². The minimum absolute atomic E-state index is 0.431. The van der Waals surface area contributed by atoms with Crippen LogP contribution in [0.1, 0.15) is 13.3 Å². The van der Waals surface area contributed by atoms with Crippen molar-refractivity contribution in [3.8, 4) is 0 Å². The quantitative estimate of drug-likeness (QED) is 0.474. The van der Waals surface area contributed by atoms with E-state index in [-0.39, 0.29) is 0 Å². The fraction of sp³-hybridized carbons (Fsp3) is 0.800. The Kier molecular flexibility index (Phi) is 1.05. The van der Waals surface area contributed by atoms with Crippen molar-refractivity contribution in [3.63, 3.8) is 0 Å². The number of rotatable bonds is 0. The molecule has 0 bridgehead atoms. The first-order valence-electron chi connectivity index (χ1n) is 2.48. The van der Waals surface area contributed by atoms with E-state index in [0.717, 1.165) is 13.0 Å². The zero-order valence-electron chi connectivity index (χ0n) is 4.48. The van der Waals surface area contributed by atoms with Gasteiger partial charge < -0.3 is 10.5 Å². The van der Waals surface area contributed by atoms with Crippen molar-refractivity contribution in [2.45, 2.75) is 19.1 Å². The largest absolute Gasteiger partial charge is 0.361 e. The third kappa shape index (κ3) is 1.14. The maximum Gasteiger partial charge on any atom is 0.117 e. The second-order valence-electron chi connectivity index (χ2n) is 2.03. The van der Waals surface area contributed by atoms with Crippen LogP contribution in [0.5, 0.6) is 0 Å². The summed E-state index contributed by atoms with van der Waals surface area (Å²) in [5, 5.41) is 0. The van der Waals surface area contributed by atoms with Crippen LogP contribution in [0, 0.1) is 6.42 Å². The zero-order valence-corrected chi connectivity index (χ0v) is 4.48. The fourth-order valence-corrected chi connectivity index (χ4v) is 0.683. The smallest absolute Gasteiger partial charge is 0.117 e. The lowest BCUT2D eigenvalue weighted by Crippen LogP contribution is -2.34. The Morgan fingerprint density at radius 2 is 2.57 bits per heavy atom. The second-order valence-corrected chi connectivity index (χ2v) is 2.03. The molecule has 1 aliphatic heterocycles. The molecule has 0 aromatic carbocycles. The lowest BCUT2D eigenvalue weighted by molar-refractivity contribution is 0.0434. The molecule has 2 heteroatoms. The van der Waals surface area contributed by atoms with Gasteiger partial charge in [-0.25, -0.2) is 0 Å². The summed E-state index contributed by atoms with van der Waals surface area (Å²) in [5.41, 5.74) is 5.07. The van der Waals surface area contributed by atoms with Crippen molar-refractivity contribution in [2.24, 2.45) is 5.73 Å². The minimum Gasteiger partial charge on any atom is -0.361 e. The summed E-state index contributed by atoms with van der Waals surface area (Å²) in [6.07, 6.45) is 2.97. The molecule has 0 aromatic rings. The third-order valence-electron chi connectivity index (χ3n) is 1.08. The molecule has 2 N–H and O–H groups in total. The predicted molar refractivity (Wildman–Crippen MR) is 27.5 cm³/mol. The van der Waals surface area contributed by atoms with Crippen LogP contribution >= 0.6 is 0 Å². The highest BCUT2D eigenvalue weighted by Crippen LogP contribution is 2.16. The van der Waals surface area contributed by atoms with Gasteiger partial charge in [-0.3, -0.25) is 0 Å². The molecule has 0 saturated carbocycles. The Balaban J connectivity index is 2.40. The topological polar surface area (TPSA) is 35.2 Å². The number of hydrogen-bond acceptors (Lipinski definition) is 2. The molecule has 0 spiro atoms. The van der Waals surface area contributed by atoms with E-state index in [1.807, 2.05) is 13.3 Å². The molecule has 7 heavy (non-hydrogen) atoms. The van der Waals surface area contributed by atoms with Crippen LogP contribution in [0.15, 0.2) is 0 Å². The van der Waals surface area contributed by atoms with Gasteiger partial charge in [0, 0.05) is 13.0 Å². The Morgan fingerprint density at radius 3 is 2.71 bits per heavy atom. The fourth-order valence-electron chi connectivity index (χ4n) is 0.683. The summed E-state index contributed by atoms with van der Waals surface area (Å²) in [7, 11) is 0. The molecule has 1 aliphatic rings. The van der Waals surface area contributed by atoms with E-state index in [0.29, 0.717) is 0 Å². The van der Waals surface area contributed by atoms with Crippen LogP contribution in [-0.4, -0.2) is 12.3 Å². The first kappa shape index (κ1) is 5.06. The average molecular weight is 100 g/mol. The van der Waals surface area contributed by atoms with Crippen molar-refractivity contribution in [1.82, 2.24) is 0 Å². The molecular weight excluding hydrogens is 90.1 g/mol. The molecule has 1 saturated heterocycles. The van der Waals surface area contributed by atoms with Gasteiger partial charge in [0.25, 0.3) is 0 Å². The molecule has 1 radical (unpaired) electrons. The Labute approximate surface area is 43.6 Å². The van der Waals surface area contributed by atoms with Gasteiger partial charge in [0.2, 0.25) is 0 Å². The van der Waals surface area contributed by atoms with Crippen molar-refractivity contribution in [2.75, 3.05) is 6.61 Å². The van der Waals surface area contributed by atoms with E-state index in [1.165, 1.54) is 0 Å².